The molecule has 3 N–H and O–H groups in total. The molecule has 0 radical (unpaired) electrons. The van der Waals surface area contributed by atoms with Crippen LogP contribution in [-0.2, 0) is 4.79 Å². The number of amides is 1. The lowest BCUT2D eigenvalue weighted by Crippen LogP contribution is -2.30. The molecule has 1 aromatic rings. The summed E-state index contributed by atoms with van der Waals surface area (Å²) in [6.07, 6.45) is 2.26. The molecule has 0 saturated heterocycles. The Kier molecular flexibility index (Phi) is 7.23. The highest BCUT2D eigenvalue weighted by Crippen LogP contribution is 2.20. The summed E-state index contributed by atoms with van der Waals surface area (Å²) >= 11 is 0. The van der Waals surface area contributed by atoms with Crippen LogP contribution in [0.2, 0.25) is 0 Å². The van der Waals surface area contributed by atoms with Gasteiger partial charge in [0.2, 0.25) is 5.91 Å². The van der Waals surface area contributed by atoms with E-state index in [2.05, 4.69) is 37.9 Å². The van der Waals surface area contributed by atoms with Gasteiger partial charge in [0.05, 0.1) is 0 Å². The summed E-state index contributed by atoms with van der Waals surface area (Å²) in [5.41, 5.74) is 7.89. The van der Waals surface area contributed by atoms with Crippen molar-refractivity contribution in [2.24, 2.45) is 5.73 Å². The normalized spacial score (nSPS) is 12.3. The van der Waals surface area contributed by atoms with E-state index in [1.165, 1.54) is 5.69 Å². The molecule has 1 rings (SSSR count). The van der Waals surface area contributed by atoms with Gasteiger partial charge in [0.15, 0.2) is 0 Å². The van der Waals surface area contributed by atoms with Crippen molar-refractivity contribution in [3.8, 4) is 0 Å². The molecule has 1 amide bonds. The first-order valence-corrected chi connectivity index (χ1v) is 7.90. The van der Waals surface area contributed by atoms with Gasteiger partial charge in [-0.05, 0) is 51.5 Å². The van der Waals surface area contributed by atoms with Gasteiger partial charge in [0.1, 0.15) is 0 Å². The van der Waals surface area contributed by atoms with Gasteiger partial charge in [-0.25, -0.2) is 0 Å². The minimum atomic E-state index is -0.0502. The SMILES string of the molecule is CCCC(N)CC(=O)Nc1ccc(N(CC)C(C)C)cc1. The highest BCUT2D eigenvalue weighted by molar-refractivity contribution is 5.91. The summed E-state index contributed by atoms with van der Waals surface area (Å²) in [6.45, 7) is 9.54. The van der Waals surface area contributed by atoms with Crippen LogP contribution in [0, 0.1) is 0 Å². The molecule has 0 aliphatic heterocycles. The third kappa shape index (κ3) is 5.76. The van der Waals surface area contributed by atoms with Crippen molar-refractivity contribution in [3.05, 3.63) is 24.3 Å². The number of benzene rings is 1. The molecule has 0 saturated carbocycles. The van der Waals surface area contributed by atoms with Crippen LogP contribution in [0.1, 0.15) is 47.0 Å². The molecule has 0 heterocycles. The fourth-order valence-electron chi connectivity index (χ4n) is 2.51. The van der Waals surface area contributed by atoms with Crippen LogP contribution >= 0.6 is 0 Å². The topological polar surface area (TPSA) is 58.4 Å². The third-order valence-electron chi connectivity index (χ3n) is 3.55. The molecule has 1 unspecified atom stereocenters. The summed E-state index contributed by atoms with van der Waals surface area (Å²) in [5, 5.41) is 2.91. The molecule has 0 aliphatic rings. The number of carbonyl (C=O) groups excluding carboxylic acids is 1. The van der Waals surface area contributed by atoms with Crippen molar-refractivity contribution < 1.29 is 4.79 Å². The number of hydrogen-bond donors (Lipinski definition) is 2. The molecule has 4 heteroatoms. The van der Waals surface area contributed by atoms with Crippen LogP contribution in [-0.4, -0.2) is 24.5 Å². The van der Waals surface area contributed by atoms with Gasteiger partial charge < -0.3 is 16.0 Å². The lowest BCUT2D eigenvalue weighted by Gasteiger charge is -2.27. The van der Waals surface area contributed by atoms with Gasteiger partial charge in [0.25, 0.3) is 0 Å². The highest BCUT2D eigenvalue weighted by atomic mass is 16.1. The van der Waals surface area contributed by atoms with E-state index in [9.17, 15) is 4.79 Å². The molecule has 0 spiro atoms. The van der Waals surface area contributed by atoms with E-state index in [0.29, 0.717) is 12.5 Å². The largest absolute Gasteiger partial charge is 0.369 e. The summed E-state index contributed by atoms with van der Waals surface area (Å²) in [5.74, 6) is -0.0140. The van der Waals surface area contributed by atoms with Crippen molar-refractivity contribution in [1.29, 1.82) is 0 Å². The molecule has 118 valence electrons. The molecule has 0 aromatic heterocycles. The maximum absolute atomic E-state index is 11.9. The Hall–Kier alpha value is -1.55. The average molecular weight is 291 g/mol. The molecule has 0 bridgehead atoms. The van der Waals surface area contributed by atoms with Crippen LogP contribution in [0.25, 0.3) is 0 Å². The van der Waals surface area contributed by atoms with Crippen LogP contribution in [0.3, 0.4) is 0 Å². The van der Waals surface area contributed by atoms with Crippen molar-refractivity contribution in [1.82, 2.24) is 0 Å². The van der Waals surface area contributed by atoms with Gasteiger partial charge in [-0.15, -0.1) is 0 Å². The maximum Gasteiger partial charge on any atom is 0.225 e. The van der Waals surface area contributed by atoms with E-state index in [1.54, 1.807) is 0 Å². The Labute approximate surface area is 128 Å². The first kappa shape index (κ1) is 17.5. The van der Waals surface area contributed by atoms with E-state index >= 15 is 0 Å². The second-order valence-corrected chi connectivity index (χ2v) is 5.73. The van der Waals surface area contributed by atoms with Crippen molar-refractivity contribution in [3.63, 3.8) is 0 Å². The van der Waals surface area contributed by atoms with Crippen molar-refractivity contribution >= 4 is 17.3 Å². The standard InChI is InChI=1S/C17H29N3O/c1-5-7-14(18)12-17(21)19-15-8-10-16(11-9-15)20(6-2)13(3)4/h8-11,13-14H,5-7,12,18H2,1-4H3,(H,19,21). The molecular formula is C17H29N3O. The zero-order valence-electron chi connectivity index (χ0n) is 13.7. The summed E-state index contributed by atoms with van der Waals surface area (Å²) in [4.78, 5) is 14.2. The maximum atomic E-state index is 11.9. The number of hydrogen-bond acceptors (Lipinski definition) is 3. The number of nitrogens with two attached hydrogens (primary N) is 1. The Morgan fingerprint density at radius 3 is 2.33 bits per heavy atom. The minimum absolute atomic E-state index is 0.0140. The zero-order valence-corrected chi connectivity index (χ0v) is 13.7. The molecule has 1 atom stereocenters. The van der Waals surface area contributed by atoms with Crippen LogP contribution in [0.15, 0.2) is 24.3 Å². The lowest BCUT2D eigenvalue weighted by molar-refractivity contribution is -0.116. The van der Waals surface area contributed by atoms with Gasteiger partial charge in [-0.1, -0.05) is 13.3 Å². The smallest absolute Gasteiger partial charge is 0.225 e. The molecule has 0 aliphatic carbocycles. The van der Waals surface area contributed by atoms with Crippen LogP contribution in [0.5, 0.6) is 0 Å². The van der Waals surface area contributed by atoms with Gasteiger partial charge in [-0.2, -0.15) is 0 Å². The Morgan fingerprint density at radius 1 is 1.24 bits per heavy atom. The van der Waals surface area contributed by atoms with E-state index < -0.39 is 0 Å². The fraction of sp³-hybridized carbons (Fsp3) is 0.588. The lowest BCUT2D eigenvalue weighted by atomic mass is 10.1. The Morgan fingerprint density at radius 2 is 1.86 bits per heavy atom. The van der Waals surface area contributed by atoms with Crippen molar-refractivity contribution in [2.45, 2.75) is 59.0 Å². The first-order valence-electron chi connectivity index (χ1n) is 7.90. The second kappa shape index (κ2) is 8.67. The predicted molar refractivity (Wildman–Crippen MR) is 90.7 cm³/mol. The van der Waals surface area contributed by atoms with Crippen molar-refractivity contribution in [2.75, 3.05) is 16.8 Å². The quantitative estimate of drug-likeness (QED) is 0.772. The number of carbonyl (C=O) groups is 1. The van der Waals surface area contributed by atoms with Gasteiger partial charge in [0, 0.05) is 36.4 Å². The van der Waals surface area contributed by atoms with Gasteiger partial charge in [-0.3, -0.25) is 4.79 Å². The number of rotatable bonds is 8. The third-order valence-corrected chi connectivity index (χ3v) is 3.55. The van der Waals surface area contributed by atoms with E-state index in [4.69, 9.17) is 5.73 Å². The number of nitrogens with one attached hydrogen (secondary N) is 1. The molecule has 21 heavy (non-hydrogen) atoms. The average Bonchev–Trinajstić information content (AvgIpc) is 2.41. The van der Waals surface area contributed by atoms with Crippen LogP contribution in [0.4, 0.5) is 11.4 Å². The number of nitrogens with zero attached hydrogens (tertiary/aromatic N) is 1. The van der Waals surface area contributed by atoms with E-state index in [-0.39, 0.29) is 11.9 Å². The molecule has 4 nitrogen and oxygen atoms in total. The molecule has 0 fully saturated rings. The molecule has 1 aromatic carbocycles. The monoisotopic (exact) mass is 291 g/mol. The van der Waals surface area contributed by atoms with E-state index in [1.807, 2.05) is 24.3 Å². The Bertz CT molecular complexity index is 428. The second-order valence-electron chi connectivity index (χ2n) is 5.73. The van der Waals surface area contributed by atoms with Gasteiger partial charge >= 0.3 is 0 Å². The minimum Gasteiger partial charge on any atom is -0.369 e. The number of anilines is 2. The molecular weight excluding hydrogens is 262 g/mol. The summed E-state index contributed by atoms with van der Waals surface area (Å²) in [7, 11) is 0. The zero-order chi connectivity index (χ0) is 15.8. The highest BCUT2D eigenvalue weighted by Gasteiger charge is 2.10. The first-order chi connectivity index (χ1) is 9.97. The van der Waals surface area contributed by atoms with Crippen LogP contribution < -0.4 is 16.0 Å². The fourth-order valence-corrected chi connectivity index (χ4v) is 2.51. The summed E-state index contributed by atoms with van der Waals surface area (Å²) < 4.78 is 0. The predicted octanol–water partition coefficient (Wildman–Crippen LogP) is 3.38. The summed E-state index contributed by atoms with van der Waals surface area (Å²) in [6, 6.07) is 8.40. The Balaban J connectivity index is 2.60. The van der Waals surface area contributed by atoms with E-state index in [0.717, 1.165) is 25.1 Å².